The lowest BCUT2D eigenvalue weighted by Crippen LogP contribution is -2.15. The van der Waals surface area contributed by atoms with Crippen LogP contribution >= 0.6 is 0 Å². The first-order chi connectivity index (χ1) is 13.7. The van der Waals surface area contributed by atoms with Crippen molar-refractivity contribution >= 4 is 11.6 Å². The van der Waals surface area contributed by atoms with Gasteiger partial charge in [0.1, 0.15) is 23.9 Å². The molecular formula is C22H23NO5. The van der Waals surface area contributed by atoms with Crippen LogP contribution in [0.15, 0.2) is 65.3 Å². The monoisotopic (exact) mass is 381 g/mol. The molecule has 0 atom stereocenters. The smallest absolute Gasteiger partial charge is 0.291 e. The second-order valence-electron chi connectivity index (χ2n) is 5.85. The fourth-order valence-electron chi connectivity index (χ4n) is 2.65. The molecule has 3 rings (SSSR count). The lowest BCUT2D eigenvalue weighted by Gasteiger charge is -2.13. The van der Waals surface area contributed by atoms with E-state index >= 15 is 0 Å². The third-order valence-corrected chi connectivity index (χ3v) is 3.90. The van der Waals surface area contributed by atoms with Gasteiger partial charge in [-0.3, -0.25) is 4.79 Å². The van der Waals surface area contributed by atoms with Gasteiger partial charge in [-0.15, -0.1) is 0 Å². The molecule has 0 radical (unpaired) electrons. The molecular weight excluding hydrogens is 358 g/mol. The molecule has 146 valence electrons. The average Bonchev–Trinajstić information content (AvgIpc) is 3.18. The first-order valence-electron chi connectivity index (χ1n) is 9.16. The number of benzene rings is 2. The Hall–Kier alpha value is -3.41. The van der Waals surface area contributed by atoms with E-state index in [1.807, 2.05) is 44.2 Å². The maximum absolute atomic E-state index is 12.8. The standard InChI is InChI=1S/C22H23NO5/c1-3-25-18-10-11-20(26-4-2)19(14-18)23-22(24)21-16(12-13-27-21)15-28-17-8-6-5-7-9-17/h5-14H,3-4,15H2,1-2H3,(H,23,24). The molecule has 6 nitrogen and oxygen atoms in total. The minimum absolute atomic E-state index is 0.195. The maximum Gasteiger partial charge on any atom is 0.291 e. The summed E-state index contributed by atoms with van der Waals surface area (Å²) in [6.45, 7) is 5.01. The molecule has 1 aromatic heterocycles. The summed E-state index contributed by atoms with van der Waals surface area (Å²) < 4.78 is 22.2. The largest absolute Gasteiger partial charge is 0.494 e. The third-order valence-electron chi connectivity index (χ3n) is 3.90. The van der Waals surface area contributed by atoms with E-state index in [1.54, 1.807) is 24.3 Å². The Labute approximate surface area is 164 Å². The number of amides is 1. The van der Waals surface area contributed by atoms with E-state index in [-0.39, 0.29) is 18.3 Å². The summed E-state index contributed by atoms with van der Waals surface area (Å²) in [6.07, 6.45) is 1.47. The Morgan fingerprint density at radius 2 is 1.71 bits per heavy atom. The first-order valence-corrected chi connectivity index (χ1v) is 9.16. The van der Waals surface area contributed by atoms with Gasteiger partial charge in [0.2, 0.25) is 0 Å². The van der Waals surface area contributed by atoms with Gasteiger partial charge in [0.15, 0.2) is 5.76 Å². The predicted molar refractivity (Wildman–Crippen MR) is 106 cm³/mol. The molecule has 2 aromatic carbocycles. The van der Waals surface area contributed by atoms with Crippen LogP contribution in [0.4, 0.5) is 5.69 Å². The summed E-state index contributed by atoms with van der Waals surface area (Å²) in [4.78, 5) is 12.8. The van der Waals surface area contributed by atoms with E-state index in [2.05, 4.69) is 5.32 Å². The fraction of sp³-hybridized carbons (Fsp3) is 0.227. The van der Waals surface area contributed by atoms with E-state index in [0.717, 1.165) is 5.75 Å². The summed E-state index contributed by atoms with van der Waals surface area (Å²) in [5, 5.41) is 2.84. The second-order valence-corrected chi connectivity index (χ2v) is 5.85. The van der Waals surface area contributed by atoms with E-state index in [1.165, 1.54) is 6.26 Å². The van der Waals surface area contributed by atoms with Gasteiger partial charge in [-0.05, 0) is 44.2 Å². The summed E-state index contributed by atoms with van der Waals surface area (Å²) in [5.41, 5.74) is 1.17. The zero-order chi connectivity index (χ0) is 19.8. The molecule has 28 heavy (non-hydrogen) atoms. The van der Waals surface area contributed by atoms with Crippen molar-refractivity contribution in [3.05, 3.63) is 72.2 Å². The van der Waals surface area contributed by atoms with Crippen LogP contribution in [0.1, 0.15) is 30.0 Å². The number of ether oxygens (including phenoxy) is 3. The van der Waals surface area contributed by atoms with Crippen molar-refractivity contribution in [3.63, 3.8) is 0 Å². The third kappa shape index (κ3) is 4.85. The topological polar surface area (TPSA) is 69.9 Å². The Morgan fingerprint density at radius 1 is 0.929 bits per heavy atom. The van der Waals surface area contributed by atoms with Crippen LogP contribution in [0.2, 0.25) is 0 Å². The number of para-hydroxylation sites is 1. The maximum atomic E-state index is 12.8. The number of anilines is 1. The Kier molecular flexibility index (Phi) is 6.57. The molecule has 0 saturated heterocycles. The summed E-state index contributed by atoms with van der Waals surface area (Å²) >= 11 is 0. The average molecular weight is 381 g/mol. The highest BCUT2D eigenvalue weighted by molar-refractivity contribution is 6.04. The van der Waals surface area contributed by atoms with Crippen molar-refractivity contribution in [1.82, 2.24) is 0 Å². The van der Waals surface area contributed by atoms with Crippen LogP contribution in [-0.4, -0.2) is 19.1 Å². The zero-order valence-electron chi connectivity index (χ0n) is 15.9. The number of carbonyl (C=O) groups excluding carboxylic acids is 1. The molecule has 0 aliphatic carbocycles. The van der Waals surface area contributed by atoms with Gasteiger partial charge in [0.05, 0.1) is 25.2 Å². The van der Waals surface area contributed by atoms with Crippen LogP contribution in [0.25, 0.3) is 0 Å². The van der Waals surface area contributed by atoms with E-state index in [0.29, 0.717) is 36.0 Å². The van der Waals surface area contributed by atoms with Gasteiger partial charge >= 0.3 is 0 Å². The van der Waals surface area contributed by atoms with Crippen molar-refractivity contribution < 1.29 is 23.4 Å². The summed E-state index contributed by atoms with van der Waals surface area (Å²) in [7, 11) is 0. The number of furan rings is 1. The number of nitrogens with one attached hydrogen (secondary N) is 1. The number of carbonyl (C=O) groups is 1. The highest BCUT2D eigenvalue weighted by Gasteiger charge is 2.18. The molecule has 0 aliphatic heterocycles. The van der Waals surface area contributed by atoms with Crippen molar-refractivity contribution in [1.29, 1.82) is 0 Å². The molecule has 1 N–H and O–H groups in total. The fourth-order valence-corrected chi connectivity index (χ4v) is 2.65. The molecule has 0 saturated carbocycles. The second kappa shape index (κ2) is 9.50. The Balaban J connectivity index is 1.74. The molecule has 0 aliphatic rings. The summed E-state index contributed by atoms with van der Waals surface area (Å²) in [6, 6.07) is 16.4. The van der Waals surface area contributed by atoms with Crippen LogP contribution in [0.5, 0.6) is 17.2 Å². The number of hydrogen-bond donors (Lipinski definition) is 1. The van der Waals surface area contributed by atoms with Crippen molar-refractivity contribution in [2.24, 2.45) is 0 Å². The van der Waals surface area contributed by atoms with Gasteiger partial charge in [0, 0.05) is 11.6 Å². The van der Waals surface area contributed by atoms with Crippen LogP contribution < -0.4 is 19.5 Å². The molecule has 0 bridgehead atoms. The number of rotatable bonds is 9. The highest BCUT2D eigenvalue weighted by Crippen LogP contribution is 2.30. The molecule has 3 aromatic rings. The Bertz CT molecular complexity index is 904. The van der Waals surface area contributed by atoms with Crippen molar-refractivity contribution in [2.45, 2.75) is 20.5 Å². The van der Waals surface area contributed by atoms with Gasteiger partial charge in [0.25, 0.3) is 5.91 Å². The van der Waals surface area contributed by atoms with Gasteiger partial charge < -0.3 is 23.9 Å². The lowest BCUT2D eigenvalue weighted by molar-refractivity contribution is 0.0993. The molecule has 1 amide bonds. The van der Waals surface area contributed by atoms with Crippen molar-refractivity contribution in [2.75, 3.05) is 18.5 Å². The van der Waals surface area contributed by atoms with Crippen LogP contribution in [0.3, 0.4) is 0 Å². The van der Waals surface area contributed by atoms with Crippen LogP contribution in [0, 0.1) is 0 Å². The molecule has 6 heteroatoms. The summed E-state index contributed by atoms with van der Waals surface area (Å²) in [5.74, 6) is 1.74. The predicted octanol–water partition coefficient (Wildman–Crippen LogP) is 4.91. The lowest BCUT2D eigenvalue weighted by atomic mass is 10.2. The van der Waals surface area contributed by atoms with E-state index in [4.69, 9.17) is 18.6 Å². The molecule has 0 fully saturated rings. The molecule has 0 unspecified atom stereocenters. The first kappa shape index (κ1) is 19.4. The van der Waals surface area contributed by atoms with Gasteiger partial charge in [-0.1, -0.05) is 18.2 Å². The van der Waals surface area contributed by atoms with Crippen LogP contribution in [-0.2, 0) is 6.61 Å². The minimum Gasteiger partial charge on any atom is -0.494 e. The van der Waals surface area contributed by atoms with Crippen molar-refractivity contribution in [3.8, 4) is 17.2 Å². The minimum atomic E-state index is -0.383. The van der Waals surface area contributed by atoms with Gasteiger partial charge in [-0.2, -0.15) is 0 Å². The van der Waals surface area contributed by atoms with E-state index in [9.17, 15) is 4.79 Å². The SMILES string of the molecule is CCOc1ccc(OCC)c(NC(=O)c2occc2COc2ccccc2)c1. The zero-order valence-corrected chi connectivity index (χ0v) is 15.9. The quantitative estimate of drug-likeness (QED) is 0.570. The molecule has 1 heterocycles. The Morgan fingerprint density at radius 3 is 2.46 bits per heavy atom. The number of hydrogen-bond acceptors (Lipinski definition) is 5. The molecule has 0 spiro atoms. The van der Waals surface area contributed by atoms with E-state index < -0.39 is 0 Å². The van der Waals surface area contributed by atoms with Gasteiger partial charge in [-0.25, -0.2) is 0 Å². The highest BCUT2D eigenvalue weighted by atomic mass is 16.5. The normalized spacial score (nSPS) is 10.4.